The minimum absolute atomic E-state index is 0.0380. The zero-order valence-corrected chi connectivity index (χ0v) is 19.0. The molecule has 2 aromatic heterocycles. The Bertz CT molecular complexity index is 1350. The highest BCUT2D eigenvalue weighted by Crippen LogP contribution is 2.31. The van der Waals surface area contributed by atoms with Gasteiger partial charge in [0.2, 0.25) is 5.82 Å². The third-order valence-electron chi connectivity index (χ3n) is 4.83. The molecule has 0 radical (unpaired) electrons. The number of esters is 1. The normalized spacial score (nSPS) is 10.6. The van der Waals surface area contributed by atoms with Gasteiger partial charge in [0.1, 0.15) is 12.4 Å². The molecule has 4 aromatic rings. The smallest absolute Gasteiger partial charge is 0.359 e. The molecule has 0 spiro atoms. The van der Waals surface area contributed by atoms with E-state index in [2.05, 4.69) is 15.2 Å². The van der Waals surface area contributed by atoms with Crippen LogP contribution in [-0.2, 0) is 17.9 Å². The highest BCUT2D eigenvalue weighted by Gasteiger charge is 2.16. The standard InChI is InChI=1S/C24H22N4O7/c1-31-19-10-8-16(14-20(19)32-2)23-25-21(35-27-23)15-34-24(30)18-9-11-22(29)28(26-18)12-13-33-17-6-4-3-5-7-17/h3-11,14H,12-13,15H2,1-2H3. The monoisotopic (exact) mass is 478 g/mol. The Balaban J connectivity index is 1.36. The van der Waals surface area contributed by atoms with Crippen molar-refractivity contribution in [2.24, 2.45) is 0 Å². The lowest BCUT2D eigenvalue weighted by atomic mass is 10.2. The summed E-state index contributed by atoms with van der Waals surface area (Å²) in [5.74, 6) is 1.39. The summed E-state index contributed by atoms with van der Waals surface area (Å²) in [6, 6.07) is 16.9. The van der Waals surface area contributed by atoms with Gasteiger partial charge in [-0.15, -0.1) is 0 Å². The van der Waals surface area contributed by atoms with E-state index in [1.807, 2.05) is 18.2 Å². The minimum atomic E-state index is -0.742. The van der Waals surface area contributed by atoms with E-state index in [0.717, 1.165) is 4.68 Å². The fraction of sp³-hybridized carbons (Fsp3) is 0.208. The van der Waals surface area contributed by atoms with Crippen LogP contribution in [0.4, 0.5) is 0 Å². The summed E-state index contributed by atoms with van der Waals surface area (Å²) in [6.07, 6.45) is 0. The highest BCUT2D eigenvalue weighted by atomic mass is 16.6. The number of rotatable bonds is 10. The van der Waals surface area contributed by atoms with Gasteiger partial charge in [-0.25, -0.2) is 9.48 Å². The van der Waals surface area contributed by atoms with Crippen LogP contribution in [0.3, 0.4) is 0 Å². The van der Waals surface area contributed by atoms with Crippen LogP contribution in [0.15, 0.2) is 70.0 Å². The molecule has 0 bridgehead atoms. The number of carbonyl (C=O) groups is 1. The second kappa shape index (κ2) is 11.0. The summed E-state index contributed by atoms with van der Waals surface area (Å²) in [6.45, 7) is 0.0978. The molecule has 2 aromatic carbocycles. The molecule has 0 aliphatic rings. The molecule has 11 nitrogen and oxygen atoms in total. The molecule has 0 atom stereocenters. The largest absolute Gasteiger partial charge is 0.493 e. The SMILES string of the molecule is COc1ccc(-c2noc(COC(=O)c3ccc(=O)n(CCOc4ccccc4)n3)n2)cc1OC. The first-order valence-electron chi connectivity index (χ1n) is 10.6. The number of hydrogen-bond donors (Lipinski definition) is 0. The zero-order chi connectivity index (χ0) is 24.6. The van der Waals surface area contributed by atoms with Crippen molar-refractivity contribution in [2.75, 3.05) is 20.8 Å². The quantitative estimate of drug-likeness (QED) is 0.314. The molecular weight excluding hydrogens is 456 g/mol. The number of carbonyl (C=O) groups excluding carboxylic acids is 1. The minimum Gasteiger partial charge on any atom is -0.493 e. The summed E-state index contributed by atoms with van der Waals surface area (Å²) < 4.78 is 27.6. The average molecular weight is 478 g/mol. The van der Waals surface area contributed by atoms with Crippen molar-refractivity contribution in [2.45, 2.75) is 13.2 Å². The number of nitrogens with zero attached hydrogens (tertiary/aromatic N) is 4. The van der Waals surface area contributed by atoms with Gasteiger partial charge in [-0.2, -0.15) is 10.1 Å². The Labute approximate surface area is 199 Å². The van der Waals surface area contributed by atoms with Gasteiger partial charge in [-0.05, 0) is 36.4 Å². The van der Waals surface area contributed by atoms with Crippen molar-refractivity contribution < 1.29 is 28.3 Å². The maximum Gasteiger partial charge on any atom is 0.359 e. The van der Waals surface area contributed by atoms with Crippen LogP contribution in [0.5, 0.6) is 17.2 Å². The van der Waals surface area contributed by atoms with E-state index in [9.17, 15) is 9.59 Å². The van der Waals surface area contributed by atoms with Gasteiger partial charge in [0.05, 0.1) is 20.8 Å². The second-order valence-electron chi connectivity index (χ2n) is 7.10. The number of benzene rings is 2. The third kappa shape index (κ3) is 5.82. The lowest BCUT2D eigenvalue weighted by Gasteiger charge is -2.08. The van der Waals surface area contributed by atoms with Crippen LogP contribution in [0, 0.1) is 0 Å². The first-order chi connectivity index (χ1) is 17.1. The van der Waals surface area contributed by atoms with E-state index in [1.165, 1.54) is 26.4 Å². The molecule has 11 heteroatoms. The van der Waals surface area contributed by atoms with Crippen LogP contribution in [0.2, 0.25) is 0 Å². The van der Waals surface area contributed by atoms with Crippen LogP contribution in [0.1, 0.15) is 16.4 Å². The van der Waals surface area contributed by atoms with Gasteiger partial charge >= 0.3 is 5.97 Å². The van der Waals surface area contributed by atoms with E-state index in [0.29, 0.717) is 28.6 Å². The lowest BCUT2D eigenvalue weighted by Crippen LogP contribution is -2.27. The van der Waals surface area contributed by atoms with Crippen molar-refractivity contribution in [3.8, 4) is 28.6 Å². The maximum absolute atomic E-state index is 12.5. The number of ether oxygens (including phenoxy) is 4. The molecule has 0 unspecified atom stereocenters. The number of aromatic nitrogens is 4. The second-order valence-corrected chi connectivity index (χ2v) is 7.10. The Hall–Kier alpha value is -4.67. The first-order valence-corrected chi connectivity index (χ1v) is 10.6. The average Bonchev–Trinajstić information content (AvgIpc) is 3.37. The predicted molar refractivity (Wildman–Crippen MR) is 122 cm³/mol. The molecule has 35 heavy (non-hydrogen) atoms. The van der Waals surface area contributed by atoms with Crippen LogP contribution < -0.4 is 19.8 Å². The highest BCUT2D eigenvalue weighted by molar-refractivity contribution is 5.86. The summed E-state index contributed by atoms with van der Waals surface area (Å²) >= 11 is 0. The van der Waals surface area contributed by atoms with Gasteiger partial charge < -0.3 is 23.5 Å². The molecule has 0 aliphatic heterocycles. The lowest BCUT2D eigenvalue weighted by molar-refractivity contribution is 0.0419. The Morgan fingerprint density at radius 1 is 1.00 bits per heavy atom. The van der Waals surface area contributed by atoms with E-state index in [1.54, 1.807) is 30.3 Å². The van der Waals surface area contributed by atoms with Gasteiger partial charge in [-0.3, -0.25) is 4.79 Å². The fourth-order valence-electron chi connectivity index (χ4n) is 3.09. The van der Waals surface area contributed by atoms with Crippen molar-refractivity contribution in [1.29, 1.82) is 0 Å². The first kappa shape index (κ1) is 23.5. The Morgan fingerprint density at radius 2 is 1.80 bits per heavy atom. The molecule has 4 rings (SSSR count). The van der Waals surface area contributed by atoms with Crippen molar-refractivity contribution in [1.82, 2.24) is 19.9 Å². The fourth-order valence-corrected chi connectivity index (χ4v) is 3.09. The molecule has 2 heterocycles. The maximum atomic E-state index is 12.5. The summed E-state index contributed by atoms with van der Waals surface area (Å²) in [5, 5.41) is 7.96. The molecule has 0 amide bonds. The third-order valence-corrected chi connectivity index (χ3v) is 4.83. The molecule has 180 valence electrons. The molecule has 0 fully saturated rings. The Morgan fingerprint density at radius 3 is 2.57 bits per heavy atom. The molecular formula is C24H22N4O7. The van der Waals surface area contributed by atoms with Gasteiger partial charge in [0.15, 0.2) is 23.8 Å². The number of para-hydroxylation sites is 1. The van der Waals surface area contributed by atoms with E-state index >= 15 is 0 Å². The summed E-state index contributed by atoms with van der Waals surface area (Å²) in [4.78, 5) is 28.8. The van der Waals surface area contributed by atoms with Crippen molar-refractivity contribution >= 4 is 5.97 Å². The predicted octanol–water partition coefficient (Wildman–Crippen LogP) is 2.75. The van der Waals surface area contributed by atoms with E-state index in [4.69, 9.17) is 23.5 Å². The van der Waals surface area contributed by atoms with E-state index in [-0.39, 0.29) is 36.9 Å². The van der Waals surface area contributed by atoms with Gasteiger partial charge in [0.25, 0.3) is 11.4 Å². The van der Waals surface area contributed by atoms with Gasteiger partial charge in [-0.1, -0.05) is 23.4 Å². The number of hydrogen-bond acceptors (Lipinski definition) is 10. The topological polar surface area (TPSA) is 128 Å². The molecule has 0 saturated carbocycles. The zero-order valence-electron chi connectivity index (χ0n) is 19.0. The summed E-state index contributed by atoms with van der Waals surface area (Å²) in [7, 11) is 3.06. The molecule has 0 N–H and O–H groups in total. The molecule has 0 saturated heterocycles. The summed E-state index contributed by atoms with van der Waals surface area (Å²) in [5.41, 5.74) is 0.231. The van der Waals surface area contributed by atoms with Crippen LogP contribution in [-0.4, -0.2) is 46.7 Å². The molecule has 0 aliphatic carbocycles. The van der Waals surface area contributed by atoms with Gasteiger partial charge in [0, 0.05) is 11.6 Å². The van der Waals surface area contributed by atoms with Crippen LogP contribution >= 0.6 is 0 Å². The van der Waals surface area contributed by atoms with Crippen molar-refractivity contribution in [3.05, 3.63) is 82.6 Å². The number of methoxy groups -OCH3 is 2. The van der Waals surface area contributed by atoms with E-state index < -0.39 is 5.97 Å². The van der Waals surface area contributed by atoms with Crippen LogP contribution in [0.25, 0.3) is 11.4 Å². The Kier molecular flexibility index (Phi) is 7.36. The van der Waals surface area contributed by atoms with Crippen molar-refractivity contribution in [3.63, 3.8) is 0 Å².